The Morgan fingerprint density at radius 2 is 1.95 bits per heavy atom. The van der Waals surface area contributed by atoms with E-state index in [1.165, 1.54) is 0 Å². The van der Waals surface area contributed by atoms with Crippen LogP contribution in [-0.4, -0.2) is 28.6 Å². The number of benzene rings is 2. The zero-order chi connectivity index (χ0) is 15.2. The lowest BCUT2D eigenvalue weighted by Gasteiger charge is -2.17. The first kappa shape index (κ1) is 15.7. The van der Waals surface area contributed by atoms with Crippen molar-refractivity contribution in [1.29, 1.82) is 0 Å². The molecule has 2 aromatic carbocycles. The third-order valence-electron chi connectivity index (χ3n) is 3.46. The van der Waals surface area contributed by atoms with Gasteiger partial charge in [-0.05, 0) is 42.4 Å². The molecule has 0 saturated heterocycles. The second-order valence-electron chi connectivity index (χ2n) is 5.04. The molecule has 1 atom stereocenters. The van der Waals surface area contributed by atoms with Gasteiger partial charge in [0.25, 0.3) is 0 Å². The highest BCUT2D eigenvalue weighted by Crippen LogP contribution is 2.27. The molecule has 0 saturated carbocycles. The van der Waals surface area contributed by atoms with E-state index in [1.807, 2.05) is 42.1 Å². The van der Waals surface area contributed by atoms with Gasteiger partial charge in [0.05, 0.1) is 5.56 Å². The molecule has 3 nitrogen and oxygen atoms in total. The Bertz CT molecular complexity index is 627. The van der Waals surface area contributed by atoms with Crippen molar-refractivity contribution < 1.29 is 9.90 Å². The average molecular weight is 303 g/mol. The van der Waals surface area contributed by atoms with Crippen molar-refractivity contribution in [2.75, 3.05) is 16.8 Å². The Balaban J connectivity index is 2.25. The average Bonchev–Trinajstić information content (AvgIpc) is 2.47. The Labute approximate surface area is 129 Å². The molecular formula is C17H21NO2S. The molecule has 0 heterocycles. The van der Waals surface area contributed by atoms with Crippen LogP contribution in [-0.2, 0) is 0 Å². The lowest BCUT2D eigenvalue weighted by molar-refractivity contribution is 0.0699. The molecule has 112 valence electrons. The first-order valence-electron chi connectivity index (χ1n) is 7.22. The van der Waals surface area contributed by atoms with Gasteiger partial charge in [0.1, 0.15) is 0 Å². The molecule has 0 aliphatic rings. The second-order valence-corrected chi connectivity index (χ2v) is 6.44. The number of carbonyl (C=O) groups is 1. The van der Waals surface area contributed by atoms with E-state index in [2.05, 4.69) is 19.2 Å². The van der Waals surface area contributed by atoms with Gasteiger partial charge in [-0.2, -0.15) is 11.8 Å². The lowest BCUT2D eigenvalue weighted by Crippen LogP contribution is -2.16. The minimum Gasteiger partial charge on any atom is -0.478 e. The van der Waals surface area contributed by atoms with E-state index < -0.39 is 5.97 Å². The Hall–Kier alpha value is -1.68. The van der Waals surface area contributed by atoms with Crippen molar-refractivity contribution in [3.8, 4) is 0 Å². The van der Waals surface area contributed by atoms with Crippen LogP contribution < -0.4 is 5.32 Å². The molecule has 2 rings (SSSR count). The Morgan fingerprint density at radius 1 is 1.24 bits per heavy atom. The fourth-order valence-electron chi connectivity index (χ4n) is 2.35. The highest BCUT2D eigenvalue weighted by molar-refractivity contribution is 7.99. The maximum atomic E-state index is 11.3. The third-order valence-corrected chi connectivity index (χ3v) is 4.39. The number of hydrogen-bond donors (Lipinski definition) is 2. The molecule has 1 unspecified atom stereocenters. The van der Waals surface area contributed by atoms with E-state index in [1.54, 1.807) is 6.07 Å². The van der Waals surface area contributed by atoms with E-state index in [0.29, 0.717) is 11.6 Å². The Kier molecular flexibility index (Phi) is 5.51. The molecule has 0 amide bonds. The van der Waals surface area contributed by atoms with E-state index >= 15 is 0 Å². The van der Waals surface area contributed by atoms with Crippen LogP contribution in [0.2, 0.25) is 0 Å². The van der Waals surface area contributed by atoms with Crippen LogP contribution in [0, 0.1) is 0 Å². The standard InChI is InChI=1S/C17H21NO2S/c1-3-21-11-10-12(2)18-16-9-8-15(17(19)20)13-6-4-5-7-14(13)16/h4-9,12,18H,3,10-11H2,1-2H3,(H,19,20). The number of fused-ring (bicyclic) bond motifs is 1. The monoisotopic (exact) mass is 303 g/mol. The number of thioether (sulfide) groups is 1. The topological polar surface area (TPSA) is 49.3 Å². The maximum absolute atomic E-state index is 11.3. The summed E-state index contributed by atoms with van der Waals surface area (Å²) in [6.07, 6.45) is 1.09. The van der Waals surface area contributed by atoms with Crippen LogP contribution in [0.15, 0.2) is 36.4 Å². The van der Waals surface area contributed by atoms with Gasteiger partial charge < -0.3 is 10.4 Å². The number of aromatic carboxylic acids is 1. The molecule has 0 bridgehead atoms. The zero-order valence-corrected chi connectivity index (χ0v) is 13.2. The summed E-state index contributed by atoms with van der Waals surface area (Å²) in [6, 6.07) is 11.6. The lowest BCUT2D eigenvalue weighted by atomic mass is 10.0. The highest BCUT2D eigenvalue weighted by Gasteiger charge is 2.12. The molecule has 0 fully saturated rings. The van der Waals surface area contributed by atoms with Crippen LogP contribution in [0.5, 0.6) is 0 Å². The summed E-state index contributed by atoms with van der Waals surface area (Å²) >= 11 is 1.94. The highest BCUT2D eigenvalue weighted by atomic mass is 32.2. The van der Waals surface area contributed by atoms with Crippen molar-refractivity contribution in [2.24, 2.45) is 0 Å². The van der Waals surface area contributed by atoms with E-state index in [9.17, 15) is 9.90 Å². The summed E-state index contributed by atoms with van der Waals surface area (Å²) in [5.41, 5.74) is 1.36. The smallest absolute Gasteiger partial charge is 0.336 e. The van der Waals surface area contributed by atoms with Crippen LogP contribution in [0.3, 0.4) is 0 Å². The fourth-order valence-corrected chi connectivity index (χ4v) is 3.16. The molecule has 0 aromatic heterocycles. The SMILES string of the molecule is CCSCCC(C)Nc1ccc(C(=O)O)c2ccccc12. The fraction of sp³-hybridized carbons (Fsp3) is 0.353. The Morgan fingerprint density at radius 3 is 2.62 bits per heavy atom. The third kappa shape index (κ3) is 3.91. The van der Waals surface area contributed by atoms with Crippen molar-refractivity contribution in [2.45, 2.75) is 26.3 Å². The van der Waals surface area contributed by atoms with Crippen molar-refractivity contribution in [3.05, 3.63) is 42.0 Å². The van der Waals surface area contributed by atoms with Gasteiger partial charge in [-0.3, -0.25) is 0 Å². The minimum atomic E-state index is -0.884. The molecule has 0 aliphatic carbocycles. The zero-order valence-electron chi connectivity index (χ0n) is 12.4. The molecule has 0 radical (unpaired) electrons. The molecular weight excluding hydrogens is 282 g/mol. The van der Waals surface area contributed by atoms with Crippen LogP contribution >= 0.6 is 11.8 Å². The van der Waals surface area contributed by atoms with Gasteiger partial charge in [-0.1, -0.05) is 31.2 Å². The van der Waals surface area contributed by atoms with Gasteiger partial charge in [-0.15, -0.1) is 0 Å². The van der Waals surface area contributed by atoms with Crippen LogP contribution in [0.1, 0.15) is 30.6 Å². The number of anilines is 1. The quantitative estimate of drug-likeness (QED) is 0.740. The van der Waals surface area contributed by atoms with Crippen molar-refractivity contribution >= 4 is 34.2 Å². The number of hydrogen-bond acceptors (Lipinski definition) is 3. The van der Waals surface area contributed by atoms with Gasteiger partial charge in [0.15, 0.2) is 0 Å². The second kappa shape index (κ2) is 7.36. The first-order valence-corrected chi connectivity index (χ1v) is 8.38. The van der Waals surface area contributed by atoms with Crippen LogP contribution in [0.4, 0.5) is 5.69 Å². The number of rotatable bonds is 7. The normalized spacial score (nSPS) is 12.3. The largest absolute Gasteiger partial charge is 0.478 e. The van der Waals surface area contributed by atoms with Gasteiger partial charge in [-0.25, -0.2) is 4.79 Å². The summed E-state index contributed by atoms with van der Waals surface area (Å²) in [6.45, 7) is 4.33. The van der Waals surface area contributed by atoms with E-state index in [0.717, 1.165) is 34.4 Å². The number of carboxylic acids is 1. The number of nitrogens with one attached hydrogen (secondary N) is 1. The molecule has 0 spiro atoms. The summed E-state index contributed by atoms with van der Waals surface area (Å²) < 4.78 is 0. The molecule has 4 heteroatoms. The van der Waals surface area contributed by atoms with Gasteiger partial charge in [0, 0.05) is 17.1 Å². The molecule has 21 heavy (non-hydrogen) atoms. The molecule has 2 N–H and O–H groups in total. The summed E-state index contributed by atoms with van der Waals surface area (Å²) in [5.74, 6) is 1.39. The maximum Gasteiger partial charge on any atom is 0.336 e. The minimum absolute atomic E-state index is 0.352. The van der Waals surface area contributed by atoms with E-state index in [4.69, 9.17) is 0 Å². The summed E-state index contributed by atoms with van der Waals surface area (Å²) in [5, 5.41) is 14.5. The van der Waals surface area contributed by atoms with Crippen LogP contribution in [0.25, 0.3) is 10.8 Å². The summed E-state index contributed by atoms with van der Waals surface area (Å²) in [4.78, 5) is 11.3. The van der Waals surface area contributed by atoms with Gasteiger partial charge >= 0.3 is 5.97 Å². The number of carboxylic acid groups (broad SMARTS) is 1. The van der Waals surface area contributed by atoms with Gasteiger partial charge in [0.2, 0.25) is 0 Å². The van der Waals surface area contributed by atoms with Crippen molar-refractivity contribution in [1.82, 2.24) is 0 Å². The first-order chi connectivity index (χ1) is 10.1. The predicted octanol–water partition coefficient (Wildman–Crippen LogP) is 4.48. The van der Waals surface area contributed by atoms with E-state index in [-0.39, 0.29) is 0 Å². The molecule has 0 aliphatic heterocycles. The summed E-state index contributed by atoms with van der Waals surface area (Å²) in [7, 11) is 0. The van der Waals surface area contributed by atoms with Crippen molar-refractivity contribution in [3.63, 3.8) is 0 Å². The predicted molar refractivity (Wildman–Crippen MR) is 91.6 cm³/mol. The molecule has 2 aromatic rings.